The van der Waals surface area contributed by atoms with Crippen LogP contribution in [0.1, 0.15) is 5.82 Å². The van der Waals surface area contributed by atoms with Crippen LogP contribution in [0.15, 0.2) is 10.9 Å². The monoisotopic (exact) mass is 225 g/mol. The molecule has 0 saturated carbocycles. The molecule has 0 unspecified atom stereocenters. The Morgan fingerprint density at radius 2 is 2.20 bits per heavy atom. The zero-order chi connectivity index (χ0) is 11.3. The van der Waals surface area contributed by atoms with Crippen LogP contribution in [-0.2, 0) is 6.54 Å². The first-order valence-electron chi connectivity index (χ1n) is 4.16. The molecule has 0 radical (unpaired) electrons. The highest BCUT2D eigenvalue weighted by molar-refractivity contribution is 4.79. The third-order valence-corrected chi connectivity index (χ3v) is 1.59. The molecule has 0 atom stereocenters. The first kappa shape index (κ1) is 11.9. The molecule has 0 amide bonds. The standard InChI is InChI=1S/C7H10F3N3O2/c8-7(9,10)4-13(1-2-14)3-6-11-5-15-12-6/h5,14H,1-4H2. The predicted octanol–water partition coefficient (Wildman–Crippen LogP) is 0.426. The van der Waals surface area contributed by atoms with Gasteiger partial charge in [-0.25, -0.2) is 0 Å². The molecule has 5 nitrogen and oxygen atoms in total. The number of nitrogens with zero attached hydrogens (tertiary/aromatic N) is 3. The van der Waals surface area contributed by atoms with Crippen molar-refractivity contribution in [2.75, 3.05) is 19.7 Å². The van der Waals surface area contributed by atoms with Gasteiger partial charge in [0, 0.05) is 6.54 Å². The Balaban J connectivity index is 2.51. The molecule has 15 heavy (non-hydrogen) atoms. The van der Waals surface area contributed by atoms with Gasteiger partial charge in [-0.3, -0.25) is 4.90 Å². The van der Waals surface area contributed by atoms with E-state index in [9.17, 15) is 13.2 Å². The maximum Gasteiger partial charge on any atom is 0.401 e. The van der Waals surface area contributed by atoms with E-state index in [0.29, 0.717) is 0 Å². The fourth-order valence-corrected chi connectivity index (χ4v) is 1.07. The second-order valence-corrected chi connectivity index (χ2v) is 2.90. The van der Waals surface area contributed by atoms with Gasteiger partial charge in [0.05, 0.1) is 19.7 Å². The van der Waals surface area contributed by atoms with Gasteiger partial charge in [-0.1, -0.05) is 5.16 Å². The van der Waals surface area contributed by atoms with E-state index in [4.69, 9.17) is 5.11 Å². The van der Waals surface area contributed by atoms with E-state index >= 15 is 0 Å². The minimum atomic E-state index is -4.31. The van der Waals surface area contributed by atoms with E-state index in [1.165, 1.54) is 0 Å². The summed E-state index contributed by atoms with van der Waals surface area (Å²) in [6.07, 6.45) is -3.26. The van der Waals surface area contributed by atoms with Gasteiger partial charge in [0.25, 0.3) is 0 Å². The quantitative estimate of drug-likeness (QED) is 0.787. The van der Waals surface area contributed by atoms with Gasteiger partial charge in [0.2, 0.25) is 6.39 Å². The molecule has 8 heteroatoms. The molecule has 0 aliphatic rings. The summed E-state index contributed by atoms with van der Waals surface area (Å²) < 4.78 is 40.6. The van der Waals surface area contributed by atoms with E-state index < -0.39 is 12.7 Å². The second kappa shape index (κ2) is 5.08. The van der Waals surface area contributed by atoms with Gasteiger partial charge in [-0.2, -0.15) is 18.2 Å². The summed E-state index contributed by atoms with van der Waals surface area (Å²) in [5.41, 5.74) is 0. The normalized spacial score (nSPS) is 12.3. The van der Waals surface area contributed by atoms with E-state index in [1.807, 2.05) is 0 Å². The van der Waals surface area contributed by atoms with E-state index in [-0.39, 0.29) is 25.5 Å². The smallest absolute Gasteiger partial charge is 0.395 e. The van der Waals surface area contributed by atoms with Crippen LogP contribution < -0.4 is 0 Å². The molecule has 1 aromatic rings. The zero-order valence-corrected chi connectivity index (χ0v) is 7.74. The lowest BCUT2D eigenvalue weighted by Gasteiger charge is -2.20. The van der Waals surface area contributed by atoms with Crippen LogP contribution in [0, 0.1) is 0 Å². The van der Waals surface area contributed by atoms with Crippen LogP contribution in [-0.4, -0.2) is 46.0 Å². The Labute approximate surface area is 83.5 Å². The van der Waals surface area contributed by atoms with Gasteiger partial charge >= 0.3 is 6.18 Å². The molecule has 0 spiro atoms. The Hall–Kier alpha value is -1.15. The van der Waals surface area contributed by atoms with Gasteiger partial charge in [-0.05, 0) is 0 Å². The largest absolute Gasteiger partial charge is 0.401 e. The molecule has 0 aromatic carbocycles. The number of aromatic nitrogens is 2. The summed E-state index contributed by atoms with van der Waals surface area (Å²) in [6, 6.07) is 0. The summed E-state index contributed by atoms with van der Waals surface area (Å²) in [7, 11) is 0. The molecule has 1 heterocycles. The van der Waals surface area contributed by atoms with E-state index in [1.54, 1.807) is 0 Å². The highest BCUT2D eigenvalue weighted by Gasteiger charge is 2.30. The average molecular weight is 225 g/mol. The fourth-order valence-electron chi connectivity index (χ4n) is 1.07. The Morgan fingerprint density at radius 3 is 2.67 bits per heavy atom. The summed E-state index contributed by atoms with van der Waals surface area (Å²) in [5.74, 6) is 0.160. The van der Waals surface area contributed by atoms with Crippen LogP contribution in [0.3, 0.4) is 0 Å². The van der Waals surface area contributed by atoms with Gasteiger partial charge in [-0.15, -0.1) is 0 Å². The highest BCUT2D eigenvalue weighted by atomic mass is 19.4. The third kappa shape index (κ3) is 4.75. The summed E-state index contributed by atoms with van der Waals surface area (Å²) >= 11 is 0. The lowest BCUT2D eigenvalue weighted by atomic mass is 10.4. The van der Waals surface area contributed by atoms with Crippen molar-refractivity contribution >= 4 is 0 Å². The molecule has 0 fully saturated rings. The van der Waals surface area contributed by atoms with Crippen molar-refractivity contribution in [1.29, 1.82) is 0 Å². The van der Waals surface area contributed by atoms with Crippen molar-refractivity contribution in [3.05, 3.63) is 12.2 Å². The number of aliphatic hydroxyl groups is 1. The van der Waals surface area contributed by atoms with Gasteiger partial charge < -0.3 is 9.63 Å². The Bertz CT molecular complexity index is 276. The second-order valence-electron chi connectivity index (χ2n) is 2.90. The third-order valence-electron chi connectivity index (χ3n) is 1.59. The molecular weight excluding hydrogens is 215 g/mol. The van der Waals surface area contributed by atoms with Gasteiger partial charge in [0.1, 0.15) is 0 Å². The first-order valence-corrected chi connectivity index (χ1v) is 4.16. The van der Waals surface area contributed by atoms with Crippen LogP contribution in [0.5, 0.6) is 0 Å². The van der Waals surface area contributed by atoms with Crippen LogP contribution in [0.25, 0.3) is 0 Å². The number of rotatable bonds is 5. The molecule has 0 aliphatic heterocycles. The molecule has 1 N–H and O–H groups in total. The minimum Gasteiger partial charge on any atom is -0.395 e. The minimum absolute atomic E-state index is 0.0892. The number of aliphatic hydroxyl groups excluding tert-OH is 1. The van der Waals surface area contributed by atoms with E-state index in [2.05, 4.69) is 14.7 Å². The summed E-state index contributed by atoms with van der Waals surface area (Å²) in [5, 5.41) is 12.0. The van der Waals surface area contributed by atoms with Crippen molar-refractivity contribution in [3.63, 3.8) is 0 Å². The maximum absolute atomic E-state index is 12.1. The van der Waals surface area contributed by atoms with Crippen molar-refractivity contribution < 1.29 is 22.8 Å². The lowest BCUT2D eigenvalue weighted by Crippen LogP contribution is -2.36. The lowest BCUT2D eigenvalue weighted by molar-refractivity contribution is -0.148. The number of hydrogen-bond acceptors (Lipinski definition) is 5. The first-order chi connectivity index (χ1) is 7.01. The van der Waals surface area contributed by atoms with Crippen LogP contribution in [0.4, 0.5) is 13.2 Å². The Kier molecular flexibility index (Phi) is 4.04. The Morgan fingerprint density at radius 1 is 1.47 bits per heavy atom. The highest BCUT2D eigenvalue weighted by Crippen LogP contribution is 2.17. The topological polar surface area (TPSA) is 62.4 Å². The molecule has 1 aromatic heterocycles. The van der Waals surface area contributed by atoms with Crippen molar-refractivity contribution in [2.45, 2.75) is 12.7 Å². The number of hydrogen-bond donors (Lipinski definition) is 1. The van der Waals surface area contributed by atoms with E-state index in [0.717, 1.165) is 11.3 Å². The molecule has 0 saturated heterocycles. The zero-order valence-electron chi connectivity index (χ0n) is 7.74. The predicted molar refractivity (Wildman–Crippen MR) is 42.7 cm³/mol. The van der Waals surface area contributed by atoms with Crippen LogP contribution >= 0.6 is 0 Å². The summed E-state index contributed by atoms with van der Waals surface area (Å²) in [6.45, 7) is -1.65. The number of alkyl halides is 3. The van der Waals surface area contributed by atoms with Crippen molar-refractivity contribution in [1.82, 2.24) is 15.0 Å². The number of halogens is 3. The van der Waals surface area contributed by atoms with Crippen molar-refractivity contribution in [2.24, 2.45) is 0 Å². The maximum atomic E-state index is 12.1. The molecule has 1 rings (SSSR count). The molecular formula is C7H10F3N3O2. The fraction of sp³-hybridized carbons (Fsp3) is 0.714. The molecule has 86 valence electrons. The SMILES string of the molecule is OCCN(Cc1ncon1)CC(F)(F)F. The van der Waals surface area contributed by atoms with Crippen LogP contribution in [0.2, 0.25) is 0 Å². The summed E-state index contributed by atoms with van der Waals surface area (Å²) in [4.78, 5) is 4.59. The average Bonchev–Trinajstić information content (AvgIpc) is 2.54. The van der Waals surface area contributed by atoms with Gasteiger partial charge in [0.15, 0.2) is 5.82 Å². The molecule has 0 aliphatic carbocycles. The molecule has 0 bridgehead atoms. The van der Waals surface area contributed by atoms with Crippen molar-refractivity contribution in [3.8, 4) is 0 Å².